The van der Waals surface area contributed by atoms with Crippen LogP contribution in [0.4, 0.5) is 0 Å². The van der Waals surface area contributed by atoms with E-state index in [1.54, 1.807) is 11.8 Å². The summed E-state index contributed by atoms with van der Waals surface area (Å²) in [7, 11) is 0. The Morgan fingerprint density at radius 3 is 2.57 bits per heavy atom. The third-order valence-corrected chi connectivity index (χ3v) is 3.58. The summed E-state index contributed by atoms with van der Waals surface area (Å²) < 4.78 is 0. The van der Waals surface area contributed by atoms with Crippen LogP contribution in [0.2, 0.25) is 0 Å². The Morgan fingerprint density at radius 1 is 1.57 bits per heavy atom. The summed E-state index contributed by atoms with van der Waals surface area (Å²) in [5.41, 5.74) is -0.458. The van der Waals surface area contributed by atoms with Crippen molar-refractivity contribution in [3.63, 3.8) is 0 Å². The van der Waals surface area contributed by atoms with Crippen LogP contribution in [0, 0.1) is 11.3 Å². The molecule has 1 unspecified atom stereocenters. The maximum atomic E-state index is 11.6. The molecule has 0 saturated heterocycles. The van der Waals surface area contributed by atoms with Crippen LogP contribution in [0.15, 0.2) is 0 Å². The number of thioether (sulfide) groups is 1. The van der Waals surface area contributed by atoms with Crippen LogP contribution in [-0.2, 0) is 4.79 Å². The molecule has 1 atom stereocenters. The molecule has 0 aliphatic carbocycles. The zero-order valence-corrected chi connectivity index (χ0v) is 11.0. The van der Waals surface area contributed by atoms with E-state index in [2.05, 4.69) is 18.5 Å². The smallest absolute Gasteiger partial charge is 0.226 e. The molecule has 0 saturated carbocycles. The summed E-state index contributed by atoms with van der Waals surface area (Å²) in [6.45, 7) is 6.58. The van der Waals surface area contributed by atoms with E-state index in [9.17, 15) is 4.79 Å². The fourth-order valence-electron chi connectivity index (χ4n) is 0.910. The van der Waals surface area contributed by atoms with Gasteiger partial charge in [0.1, 0.15) is 0 Å². The topological polar surface area (TPSA) is 29.1 Å². The van der Waals surface area contributed by atoms with Gasteiger partial charge in [-0.15, -0.1) is 11.6 Å². The van der Waals surface area contributed by atoms with Crippen LogP contribution >= 0.6 is 23.4 Å². The minimum Gasteiger partial charge on any atom is -0.355 e. The number of nitrogens with one attached hydrogen (secondary N) is 1. The van der Waals surface area contributed by atoms with Gasteiger partial charge < -0.3 is 5.32 Å². The van der Waals surface area contributed by atoms with Crippen LogP contribution in [-0.4, -0.2) is 30.3 Å². The molecular formula is C10H20ClNOS. The molecule has 0 radical (unpaired) electrons. The molecule has 2 nitrogen and oxygen atoms in total. The highest BCUT2D eigenvalue weighted by Gasteiger charge is 2.26. The molecule has 0 aromatic carbocycles. The quantitative estimate of drug-likeness (QED) is 0.719. The highest BCUT2D eigenvalue weighted by molar-refractivity contribution is 7.98. The van der Waals surface area contributed by atoms with Crippen molar-refractivity contribution in [2.75, 3.05) is 24.4 Å². The van der Waals surface area contributed by atoms with Gasteiger partial charge in [-0.05, 0) is 31.8 Å². The number of carbonyl (C=O) groups is 1. The number of hydrogen-bond donors (Lipinski definition) is 1. The lowest BCUT2D eigenvalue weighted by molar-refractivity contribution is -0.128. The lowest BCUT2D eigenvalue weighted by atomic mass is 9.95. The maximum Gasteiger partial charge on any atom is 0.226 e. The number of carbonyl (C=O) groups excluding carboxylic acids is 1. The molecular weight excluding hydrogens is 218 g/mol. The van der Waals surface area contributed by atoms with Gasteiger partial charge in [-0.2, -0.15) is 11.8 Å². The molecule has 0 rings (SSSR count). The van der Waals surface area contributed by atoms with Gasteiger partial charge in [0.2, 0.25) is 5.91 Å². The van der Waals surface area contributed by atoms with Crippen LogP contribution in [0.5, 0.6) is 0 Å². The summed E-state index contributed by atoms with van der Waals surface area (Å²) in [5.74, 6) is 1.98. The highest BCUT2D eigenvalue weighted by Crippen LogP contribution is 2.17. The van der Waals surface area contributed by atoms with Crippen LogP contribution < -0.4 is 5.32 Å². The summed E-state index contributed by atoms with van der Waals surface area (Å²) in [4.78, 5) is 11.6. The van der Waals surface area contributed by atoms with E-state index in [1.165, 1.54) is 0 Å². The standard InChI is InChI=1S/C10H20ClNOS/c1-8(6-14-4)5-12-9(13)10(2,3)7-11/h8H,5-7H2,1-4H3,(H,12,13). The Kier molecular flexibility index (Phi) is 6.62. The van der Waals surface area contributed by atoms with Crippen molar-refractivity contribution in [3.05, 3.63) is 0 Å². The Hall–Kier alpha value is 0.110. The van der Waals surface area contributed by atoms with Gasteiger partial charge in [0.15, 0.2) is 0 Å². The largest absolute Gasteiger partial charge is 0.355 e. The minimum absolute atomic E-state index is 0.0421. The van der Waals surface area contributed by atoms with Gasteiger partial charge in [0.05, 0.1) is 5.41 Å². The molecule has 0 heterocycles. The second-order valence-electron chi connectivity index (χ2n) is 4.29. The predicted molar refractivity (Wildman–Crippen MR) is 65.1 cm³/mol. The third-order valence-electron chi connectivity index (χ3n) is 2.01. The zero-order chi connectivity index (χ0) is 11.2. The van der Waals surface area contributed by atoms with E-state index in [0.29, 0.717) is 11.8 Å². The number of alkyl halides is 1. The van der Waals surface area contributed by atoms with Crippen molar-refractivity contribution < 1.29 is 4.79 Å². The molecule has 0 aromatic rings. The molecule has 0 bridgehead atoms. The summed E-state index contributed by atoms with van der Waals surface area (Å²) in [6, 6.07) is 0. The first-order valence-corrected chi connectivity index (χ1v) is 6.70. The van der Waals surface area contributed by atoms with Gasteiger partial charge in [0.25, 0.3) is 0 Å². The Bertz CT molecular complexity index is 185. The van der Waals surface area contributed by atoms with Crippen molar-refractivity contribution in [3.8, 4) is 0 Å². The lowest BCUT2D eigenvalue weighted by Gasteiger charge is -2.21. The third kappa shape index (κ3) is 5.11. The van der Waals surface area contributed by atoms with Gasteiger partial charge in [-0.25, -0.2) is 0 Å². The Morgan fingerprint density at radius 2 is 2.14 bits per heavy atom. The van der Waals surface area contributed by atoms with Crippen molar-refractivity contribution >= 4 is 29.3 Å². The number of rotatable bonds is 6. The minimum atomic E-state index is -0.458. The molecule has 84 valence electrons. The van der Waals surface area contributed by atoms with Crippen molar-refractivity contribution in [1.82, 2.24) is 5.32 Å². The average molecular weight is 238 g/mol. The van der Waals surface area contributed by atoms with Crippen molar-refractivity contribution in [2.24, 2.45) is 11.3 Å². The molecule has 1 amide bonds. The van der Waals surface area contributed by atoms with E-state index < -0.39 is 5.41 Å². The van der Waals surface area contributed by atoms with Crippen molar-refractivity contribution in [1.29, 1.82) is 0 Å². The summed E-state index contributed by atoms with van der Waals surface area (Å²) >= 11 is 7.50. The van der Waals surface area contributed by atoms with Crippen LogP contribution in [0.3, 0.4) is 0 Å². The molecule has 1 N–H and O–H groups in total. The molecule has 0 aromatic heterocycles. The monoisotopic (exact) mass is 237 g/mol. The number of halogens is 1. The predicted octanol–water partition coefficient (Wildman–Crippen LogP) is 2.37. The lowest BCUT2D eigenvalue weighted by Crippen LogP contribution is -2.40. The van der Waals surface area contributed by atoms with Gasteiger partial charge >= 0.3 is 0 Å². The van der Waals surface area contributed by atoms with Crippen LogP contribution in [0.1, 0.15) is 20.8 Å². The van der Waals surface area contributed by atoms with Gasteiger partial charge in [-0.3, -0.25) is 4.79 Å². The van der Waals surface area contributed by atoms with E-state index in [4.69, 9.17) is 11.6 Å². The SMILES string of the molecule is CSCC(C)CNC(=O)C(C)(C)CCl. The normalized spacial score (nSPS) is 13.8. The first-order chi connectivity index (χ1) is 6.44. The maximum absolute atomic E-state index is 11.6. The fourth-order valence-corrected chi connectivity index (χ4v) is 1.72. The van der Waals surface area contributed by atoms with E-state index >= 15 is 0 Å². The van der Waals surface area contributed by atoms with Gasteiger partial charge in [0, 0.05) is 12.4 Å². The zero-order valence-electron chi connectivity index (χ0n) is 9.39. The Balaban J connectivity index is 3.85. The first-order valence-electron chi connectivity index (χ1n) is 4.77. The summed E-state index contributed by atoms with van der Waals surface area (Å²) in [5, 5.41) is 2.92. The molecule has 0 aliphatic heterocycles. The van der Waals surface area contributed by atoms with Crippen LogP contribution in [0.25, 0.3) is 0 Å². The number of amides is 1. The van der Waals surface area contributed by atoms with E-state index in [1.807, 2.05) is 13.8 Å². The molecule has 0 fully saturated rings. The summed E-state index contributed by atoms with van der Waals surface area (Å²) in [6.07, 6.45) is 2.07. The number of hydrogen-bond acceptors (Lipinski definition) is 2. The van der Waals surface area contributed by atoms with Gasteiger partial charge in [-0.1, -0.05) is 6.92 Å². The molecule has 4 heteroatoms. The molecule has 14 heavy (non-hydrogen) atoms. The molecule has 0 aliphatic rings. The fraction of sp³-hybridized carbons (Fsp3) is 0.900. The first kappa shape index (κ1) is 14.1. The average Bonchev–Trinajstić information content (AvgIpc) is 2.14. The molecule has 0 spiro atoms. The van der Waals surface area contributed by atoms with E-state index in [-0.39, 0.29) is 5.91 Å². The van der Waals surface area contributed by atoms with E-state index in [0.717, 1.165) is 12.3 Å². The Labute approximate surface area is 96.2 Å². The highest BCUT2D eigenvalue weighted by atomic mass is 35.5. The second kappa shape index (κ2) is 6.57. The second-order valence-corrected chi connectivity index (χ2v) is 5.47. The van der Waals surface area contributed by atoms with Crippen molar-refractivity contribution in [2.45, 2.75) is 20.8 Å².